The van der Waals surface area contributed by atoms with Gasteiger partial charge in [0.1, 0.15) is 4.21 Å². The number of thiophene rings is 1. The van der Waals surface area contributed by atoms with E-state index in [-0.39, 0.29) is 6.54 Å². The molecule has 0 bridgehead atoms. The highest BCUT2D eigenvalue weighted by Gasteiger charge is 2.24. The van der Waals surface area contributed by atoms with Gasteiger partial charge < -0.3 is 5.73 Å². The van der Waals surface area contributed by atoms with E-state index in [4.69, 9.17) is 17.3 Å². The van der Waals surface area contributed by atoms with Gasteiger partial charge in [-0.25, -0.2) is 8.42 Å². The van der Waals surface area contributed by atoms with E-state index in [1.807, 2.05) is 6.92 Å². The summed E-state index contributed by atoms with van der Waals surface area (Å²) in [5.41, 5.74) is 7.84. The number of nitrogens with two attached hydrogens (primary N) is 1. The van der Waals surface area contributed by atoms with Gasteiger partial charge >= 0.3 is 0 Å². The first kappa shape index (κ1) is 16.8. The molecule has 1 aromatic carbocycles. The Morgan fingerprint density at radius 3 is 2.62 bits per heavy atom. The average Bonchev–Trinajstić information content (AvgIpc) is 2.74. The number of anilines is 1. The molecule has 0 radical (unpaired) electrons. The van der Waals surface area contributed by atoms with Gasteiger partial charge in [-0.05, 0) is 58.2 Å². The summed E-state index contributed by atoms with van der Waals surface area (Å²) in [6.45, 7) is 2.02. The highest BCUT2D eigenvalue weighted by atomic mass is 79.9. The number of benzene rings is 1. The molecule has 0 saturated heterocycles. The predicted octanol–water partition coefficient (Wildman–Crippen LogP) is 3.88. The smallest absolute Gasteiger partial charge is 0.252 e. The van der Waals surface area contributed by atoms with E-state index in [0.717, 1.165) is 9.35 Å². The summed E-state index contributed by atoms with van der Waals surface area (Å²) >= 11 is 10.6. The molecule has 0 aliphatic rings. The van der Waals surface area contributed by atoms with Crippen LogP contribution in [-0.4, -0.2) is 19.8 Å². The molecule has 0 fully saturated rings. The number of halogens is 2. The first-order valence-corrected chi connectivity index (χ1v) is 9.40. The second-order valence-corrected chi connectivity index (χ2v) is 9.68. The van der Waals surface area contributed by atoms with Crippen molar-refractivity contribution in [3.8, 4) is 0 Å². The van der Waals surface area contributed by atoms with Crippen molar-refractivity contribution >= 4 is 54.6 Å². The minimum Gasteiger partial charge on any atom is -0.399 e. The molecule has 1 heterocycles. The van der Waals surface area contributed by atoms with Crippen molar-refractivity contribution in [3.05, 3.63) is 44.2 Å². The van der Waals surface area contributed by atoms with Crippen LogP contribution in [0.1, 0.15) is 11.1 Å². The molecule has 114 valence electrons. The van der Waals surface area contributed by atoms with Gasteiger partial charge in [-0.3, -0.25) is 0 Å². The van der Waals surface area contributed by atoms with Crippen LogP contribution in [0.4, 0.5) is 5.69 Å². The molecule has 0 aliphatic carbocycles. The van der Waals surface area contributed by atoms with E-state index in [0.29, 0.717) is 20.5 Å². The quantitative estimate of drug-likeness (QED) is 0.780. The Balaban J connectivity index is 2.30. The first-order chi connectivity index (χ1) is 9.71. The molecule has 0 amide bonds. The zero-order chi connectivity index (χ0) is 15.8. The molecule has 0 aliphatic heterocycles. The normalized spacial score (nSPS) is 12.0. The Morgan fingerprint density at radius 2 is 2.05 bits per heavy atom. The summed E-state index contributed by atoms with van der Waals surface area (Å²) in [5, 5.41) is 0.495. The van der Waals surface area contributed by atoms with Crippen LogP contribution in [0.2, 0.25) is 5.02 Å². The molecule has 2 N–H and O–H groups in total. The van der Waals surface area contributed by atoms with Gasteiger partial charge in [0, 0.05) is 24.3 Å². The molecule has 0 spiro atoms. The van der Waals surface area contributed by atoms with Gasteiger partial charge in [0.2, 0.25) is 0 Å². The molecular formula is C13H14BrClN2O2S2. The number of rotatable bonds is 4. The van der Waals surface area contributed by atoms with Crippen molar-refractivity contribution < 1.29 is 8.42 Å². The summed E-state index contributed by atoms with van der Waals surface area (Å²) in [7, 11) is -2.02. The van der Waals surface area contributed by atoms with Crippen LogP contribution < -0.4 is 5.73 Å². The Bertz CT molecular complexity index is 755. The fraction of sp³-hybridized carbons (Fsp3) is 0.231. The molecule has 21 heavy (non-hydrogen) atoms. The van der Waals surface area contributed by atoms with Gasteiger partial charge in [-0.1, -0.05) is 11.6 Å². The SMILES string of the molecule is Cc1cc(S(=O)(=O)N(C)Cc2cc(N)ccc2Cl)sc1Br. The van der Waals surface area contributed by atoms with Gasteiger partial charge in [-0.15, -0.1) is 11.3 Å². The largest absolute Gasteiger partial charge is 0.399 e. The van der Waals surface area contributed by atoms with Crippen LogP contribution in [-0.2, 0) is 16.6 Å². The maximum atomic E-state index is 12.5. The van der Waals surface area contributed by atoms with E-state index in [1.54, 1.807) is 24.3 Å². The standard InChI is InChI=1S/C13H14BrClN2O2S2/c1-8-5-12(20-13(8)14)21(18,19)17(2)7-9-6-10(16)3-4-11(9)15/h3-6H,7,16H2,1-2H3. The number of hydrogen-bond donors (Lipinski definition) is 1. The van der Waals surface area contributed by atoms with E-state index >= 15 is 0 Å². The second-order valence-electron chi connectivity index (χ2n) is 4.63. The fourth-order valence-corrected chi connectivity index (χ4v) is 5.52. The van der Waals surface area contributed by atoms with E-state index in [9.17, 15) is 8.42 Å². The van der Waals surface area contributed by atoms with Crippen LogP contribution in [0.3, 0.4) is 0 Å². The van der Waals surface area contributed by atoms with Gasteiger partial charge in [0.05, 0.1) is 3.79 Å². The van der Waals surface area contributed by atoms with E-state index in [2.05, 4.69) is 15.9 Å². The molecular weight excluding hydrogens is 396 g/mol. The third kappa shape index (κ3) is 3.60. The number of nitrogen functional groups attached to an aromatic ring is 1. The monoisotopic (exact) mass is 408 g/mol. The summed E-state index contributed by atoms with van der Waals surface area (Å²) in [4.78, 5) is 0. The molecule has 4 nitrogen and oxygen atoms in total. The van der Waals surface area contributed by atoms with Crippen molar-refractivity contribution in [2.45, 2.75) is 17.7 Å². The lowest BCUT2D eigenvalue weighted by Gasteiger charge is -2.17. The summed E-state index contributed by atoms with van der Waals surface area (Å²) in [5.74, 6) is 0. The van der Waals surface area contributed by atoms with Crippen LogP contribution >= 0.6 is 38.9 Å². The van der Waals surface area contributed by atoms with E-state index in [1.165, 1.54) is 22.7 Å². The predicted molar refractivity (Wildman–Crippen MR) is 91.3 cm³/mol. The Hall–Kier alpha value is -0.600. The van der Waals surface area contributed by atoms with Crippen molar-refractivity contribution in [3.63, 3.8) is 0 Å². The molecule has 1 aromatic heterocycles. The molecule has 2 aromatic rings. The maximum Gasteiger partial charge on any atom is 0.252 e. The lowest BCUT2D eigenvalue weighted by Crippen LogP contribution is -2.26. The van der Waals surface area contributed by atoms with Gasteiger partial charge in [0.15, 0.2) is 0 Å². The van der Waals surface area contributed by atoms with Crippen LogP contribution in [0.5, 0.6) is 0 Å². The minimum absolute atomic E-state index is 0.167. The van der Waals surface area contributed by atoms with Gasteiger partial charge in [-0.2, -0.15) is 4.31 Å². The maximum absolute atomic E-state index is 12.5. The van der Waals surface area contributed by atoms with Crippen LogP contribution in [0, 0.1) is 6.92 Å². The third-order valence-corrected chi connectivity index (χ3v) is 7.72. The average molecular weight is 410 g/mol. The van der Waals surface area contributed by atoms with Crippen LogP contribution in [0.15, 0.2) is 32.3 Å². The van der Waals surface area contributed by atoms with Crippen molar-refractivity contribution in [1.29, 1.82) is 0 Å². The number of nitrogens with zero attached hydrogens (tertiary/aromatic N) is 1. The van der Waals surface area contributed by atoms with Crippen LogP contribution in [0.25, 0.3) is 0 Å². The number of sulfonamides is 1. The van der Waals surface area contributed by atoms with E-state index < -0.39 is 10.0 Å². The Morgan fingerprint density at radius 1 is 1.38 bits per heavy atom. The minimum atomic E-state index is -3.55. The third-order valence-electron chi connectivity index (χ3n) is 2.96. The molecule has 0 saturated carbocycles. The Labute approximate surface area is 141 Å². The van der Waals surface area contributed by atoms with Crippen molar-refractivity contribution in [1.82, 2.24) is 4.31 Å². The Kier molecular flexibility index (Phi) is 4.99. The number of aryl methyl sites for hydroxylation is 1. The highest BCUT2D eigenvalue weighted by molar-refractivity contribution is 9.11. The lowest BCUT2D eigenvalue weighted by atomic mass is 10.2. The summed E-state index contributed by atoms with van der Waals surface area (Å²) < 4.78 is 27.5. The molecule has 8 heteroatoms. The topological polar surface area (TPSA) is 63.4 Å². The molecule has 2 rings (SSSR count). The molecule has 0 unspecified atom stereocenters. The zero-order valence-electron chi connectivity index (χ0n) is 11.4. The number of hydrogen-bond acceptors (Lipinski definition) is 4. The molecule has 0 atom stereocenters. The zero-order valence-corrected chi connectivity index (χ0v) is 15.4. The van der Waals surface area contributed by atoms with Crippen molar-refractivity contribution in [2.24, 2.45) is 0 Å². The lowest BCUT2D eigenvalue weighted by molar-refractivity contribution is 0.468. The second kappa shape index (κ2) is 6.26. The van der Waals surface area contributed by atoms with Crippen molar-refractivity contribution in [2.75, 3.05) is 12.8 Å². The summed E-state index contributed by atoms with van der Waals surface area (Å²) in [6.07, 6.45) is 0. The summed E-state index contributed by atoms with van der Waals surface area (Å²) in [6, 6.07) is 6.68. The van der Waals surface area contributed by atoms with Gasteiger partial charge in [0.25, 0.3) is 10.0 Å². The highest BCUT2D eigenvalue weighted by Crippen LogP contribution is 2.32. The first-order valence-electron chi connectivity index (χ1n) is 5.98. The fourth-order valence-electron chi connectivity index (χ4n) is 1.75.